The molecule has 2 rings (SSSR count). The maximum absolute atomic E-state index is 5.46. The van der Waals surface area contributed by atoms with Crippen molar-refractivity contribution < 1.29 is 0 Å². The fraction of sp³-hybridized carbons (Fsp3) is 0.727. The first-order valence-electron chi connectivity index (χ1n) is 6.58. The van der Waals surface area contributed by atoms with Crippen molar-refractivity contribution in [2.75, 3.05) is 52.9 Å². The van der Waals surface area contributed by atoms with E-state index in [1.54, 1.807) is 0 Å². The van der Waals surface area contributed by atoms with Gasteiger partial charge < -0.3 is 9.80 Å². The van der Waals surface area contributed by atoms with E-state index in [9.17, 15) is 0 Å². The molecule has 106 valence electrons. The molecule has 0 saturated carbocycles. The first-order valence-corrected chi connectivity index (χ1v) is 7.74. The van der Waals surface area contributed by atoms with Crippen LogP contribution < -0.4 is 21.1 Å². The highest BCUT2D eigenvalue weighted by Gasteiger charge is 2.17. The van der Waals surface area contributed by atoms with Crippen molar-refractivity contribution in [3.8, 4) is 0 Å². The van der Waals surface area contributed by atoms with Gasteiger partial charge in [0.05, 0.1) is 0 Å². The second-order valence-electron chi connectivity index (χ2n) is 4.18. The van der Waals surface area contributed by atoms with E-state index in [1.807, 2.05) is 11.8 Å². The maximum atomic E-state index is 5.46. The molecule has 0 bridgehead atoms. The molecule has 0 aromatic carbocycles. The van der Waals surface area contributed by atoms with E-state index in [0.29, 0.717) is 17.8 Å². The second kappa shape index (κ2) is 6.76. The lowest BCUT2D eigenvalue weighted by molar-refractivity contribution is 0.775. The standard InChI is InChI=1S/C11H21N7S/c1-3-17(4-2)10-13-9(16-12)14-11(15-10)18-5-7-19-8-6-18/h3-8,12H2,1-2H3,(H,13,14,15,16). The van der Waals surface area contributed by atoms with Gasteiger partial charge in [0.1, 0.15) is 0 Å². The molecular weight excluding hydrogens is 262 g/mol. The molecule has 1 aromatic rings. The van der Waals surface area contributed by atoms with Crippen LogP contribution in [-0.4, -0.2) is 52.6 Å². The molecule has 0 radical (unpaired) electrons. The summed E-state index contributed by atoms with van der Waals surface area (Å²) < 4.78 is 0. The van der Waals surface area contributed by atoms with Crippen LogP contribution in [0, 0.1) is 0 Å². The summed E-state index contributed by atoms with van der Waals surface area (Å²) in [6, 6.07) is 0. The number of anilines is 3. The average Bonchev–Trinajstić information content (AvgIpc) is 2.49. The molecule has 0 aliphatic carbocycles. The lowest BCUT2D eigenvalue weighted by atomic mass is 10.5. The van der Waals surface area contributed by atoms with Gasteiger partial charge in [-0.1, -0.05) is 0 Å². The zero-order valence-corrected chi connectivity index (χ0v) is 12.3. The topological polar surface area (TPSA) is 83.2 Å². The van der Waals surface area contributed by atoms with E-state index in [0.717, 1.165) is 37.7 Å². The van der Waals surface area contributed by atoms with Crippen molar-refractivity contribution in [3.63, 3.8) is 0 Å². The molecule has 1 aliphatic rings. The fourth-order valence-electron chi connectivity index (χ4n) is 1.97. The molecule has 0 unspecified atom stereocenters. The van der Waals surface area contributed by atoms with Crippen LogP contribution >= 0.6 is 11.8 Å². The Morgan fingerprint density at radius 1 is 1.21 bits per heavy atom. The van der Waals surface area contributed by atoms with Crippen molar-refractivity contribution in [2.24, 2.45) is 5.84 Å². The third kappa shape index (κ3) is 3.38. The van der Waals surface area contributed by atoms with Gasteiger partial charge in [-0.2, -0.15) is 26.7 Å². The molecule has 1 fully saturated rings. The second-order valence-corrected chi connectivity index (χ2v) is 5.40. The summed E-state index contributed by atoms with van der Waals surface area (Å²) >= 11 is 1.96. The number of thioether (sulfide) groups is 1. The van der Waals surface area contributed by atoms with E-state index < -0.39 is 0 Å². The third-order valence-corrected chi connectivity index (χ3v) is 4.02. The summed E-state index contributed by atoms with van der Waals surface area (Å²) in [5.41, 5.74) is 2.53. The minimum Gasteiger partial charge on any atom is -0.341 e. The van der Waals surface area contributed by atoms with Gasteiger partial charge in [-0.15, -0.1) is 0 Å². The first kappa shape index (κ1) is 14.1. The van der Waals surface area contributed by atoms with Crippen LogP contribution in [0.1, 0.15) is 13.8 Å². The van der Waals surface area contributed by atoms with Crippen LogP contribution in [0.25, 0.3) is 0 Å². The number of hydrogen-bond acceptors (Lipinski definition) is 8. The minimum absolute atomic E-state index is 0.421. The summed E-state index contributed by atoms with van der Waals surface area (Å²) in [7, 11) is 0. The highest BCUT2D eigenvalue weighted by molar-refractivity contribution is 7.99. The number of nitrogens with two attached hydrogens (primary N) is 1. The monoisotopic (exact) mass is 283 g/mol. The van der Waals surface area contributed by atoms with Gasteiger partial charge in [0, 0.05) is 37.7 Å². The predicted molar refractivity (Wildman–Crippen MR) is 80.7 cm³/mol. The molecule has 1 saturated heterocycles. The normalized spacial score (nSPS) is 15.4. The van der Waals surface area contributed by atoms with E-state index in [1.165, 1.54) is 0 Å². The Bertz CT molecular complexity index is 404. The van der Waals surface area contributed by atoms with E-state index >= 15 is 0 Å². The summed E-state index contributed by atoms with van der Waals surface area (Å²) in [6.07, 6.45) is 0. The van der Waals surface area contributed by atoms with Gasteiger partial charge in [-0.3, -0.25) is 5.43 Å². The SMILES string of the molecule is CCN(CC)c1nc(NN)nc(N2CCSCC2)n1. The Morgan fingerprint density at radius 2 is 1.89 bits per heavy atom. The van der Waals surface area contributed by atoms with E-state index in [4.69, 9.17) is 5.84 Å². The third-order valence-electron chi connectivity index (χ3n) is 3.08. The predicted octanol–water partition coefficient (Wildman–Crippen LogP) is 0.557. The number of nitrogen functional groups attached to an aromatic ring is 1. The Hall–Kier alpha value is -1.28. The maximum Gasteiger partial charge on any atom is 0.243 e. The Morgan fingerprint density at radius 3 is 2.47 bits per heavy atom. The largest absolute Gasteiger partial charge is 0.341 e. The molecule has 7 nitrogen and oxygen atoms in total. The quantitative estimate of drug-likeness (QED) is 0.599. The van der Waals surface area contributed by atoms with Gasteiger partial charge in [-0.05, 0) is 13.8 Å². The van der Waals surface area contributed by atoms with Crippen LogP contribution in [0.3, 0.4) is 0 Å². The highest BCUT2D eigenvalue weighted by Crippen LogP contribution is 2.19. The zero-order chi connectivity index (χ0) is 13.7. The van der Waals surface area contributed by atoms with Crippen molar-refractivity contribution in [3.05, 3.63) is 0 Å². The summed E-state index contributed by atoms with van der Waals surface area (Å²) in [5, 5.41) is 0. The lowest BCUT2D eigenvalue weighted by Gasteiger charge is -2.27. The highest BCUT2D eigenvalue weighted by atomic mass is 32.2. The summed E-state index contributed by atoms with van der Waals surface area (Å²) in [6.45, 7) is 7.83. The van der Waals surface area contributed by atoms with Crippen LogP contribution in [0.4, 0.5) is 17.8 Å². The van der Waals surface area contributed by atoms with E-state index in [-0.39, 0.29) is 0 Å². The molecule has 8 heteroatoms. The number of hydrazine groups is 1. The smallest absolute Gasteiger partial charge is 0.243 e. The Kier molecular flexibility index (Phi) is 5.03. The first-order chi connectivity index (χ1) is 9.28. The molecular formula is C11H21N7S. The summed E-state index contributed by atoms with van der Waals surface area (Å²) in [4.78, 5) is 17.5. The molecule has 1 aliphatic heterocycles. The van der Waals surface area contributed by atoms with E-state index in [2.05, 4.69) is 44.0 Å². The number of aromatic nitrogens is 3. The molecule has 0 amide bonds. The van der Waals surface area contributed by atoms with Crippen molar-refractivity contribution in [2.45, 2.75) is 13.8 Å². The minimum atomic E-state index is 0.421. The van der Waals surface area contributed by atoms with Crippen molar-refractivity contribution in [1.82, 2.24) is 15.0 Å². The van der Waals surface area contributed by atoms with Gasteiger partial charge >= 0.3 is 0 Å². The van der Waals surface area contributed by atoms with Crippen LogP contribution in [-0.2, 0) is 0 Å². The fourth-order valence-corrected chi connectivity index (χ4v) is 2.87. The Labute approximate surface area is 118 Å². The molecule has 3 N–H and O–H groups in total. The Balaban J connectivity index is 2.29. The number of nitrogens with one attached hydrogen (secondary N) is 1. The summed E-state index contributed by atoms with van der Waals surface area (Å²) in [5.74, 6) is 9.49. The van der Waals surface area contributed by atoms with Gasteiger partial charge in [0.15, 0.2) is 0 Å². The van der Waals surface area contributed by atoms with Crippen LogP contribution in [0.2, 0.25) is 0 Å². The zero-order valence-electron chi connectivity index (χ0n) is 11.5. The van der Waals surface area contributed by atoms with Crippen LogP contribution in [0.15, 0.2) is 0 Å². The molecule has 19 heavy (non-hydrogen) atoms. The number of nitrogens with zero attached hydrogens (tertiary/aromatic N) is 5. The van der Waals surface area contributed by atoms with Gasteiger partial charge in [0.25, 0.3) is 0 Å². The average molecular weight is 283 g/mol. The van der Waals surface area contributed by atoms with Crippen molar-refractivity contribution >= 4 is 29.6 Å². The number of rotatable bonds is 5. The van der Waals surface area contributed by atoms with Crippen LogP contribution in [0.5, 0.6) is 0 Å². The molecule has 0 spiro atoms. The van der Waals surface area contributed by atoms with Gasteiger partial charge in [-0.25, -0.2) is 5.84 Å². The lowest BCUT2D eigenvalue weighted by Crippen LogP contribution is -2.35. The number of hydrogen-bond donors (Lipinski definition) is 2. The molecule has 2 heterocycles. The van der Waals surface area contributed by atoms with Gasteiger partial charge in [0.2, 0.25) is 17.8 Å². The van der Waals surface area contributed by atoms with Crippen molar-refractivity contribution in [1.29, 1.82) is 0 Å². The molecule has 1 aromatic heterocycles. The molecule has 0 atom stereocenters.